The van der Waals surface area contributed by atoms with Crippen LogP contribution in [0.3, 0.4) is 0 Å². The Labute approximate surface area is 108 Å². The third-order valence-corrected chi connectivity index (χ3v) is 3.49. The summed E-state index contributed by atoms with van der Waals surface area (Å²) in [6.45, 7) is 0. The van der Waals surface area contributed by atoms with Crippen molar-refractivity contribution in [2.45, 2.75) is 10.6 Å². The summed E-state index contributed by atoms with van der Waals surface area (Å²) >= 11 is 1.46. The minimum atomic E-state index is -0.351. The topological polar surface area (TPSA) is 62.7 Å². The van der Waals surface area contributed by atoms with E-state index in [9.17, 15) is 4.39 Å². The Balaban J connectivity index is 2.14. The van der Waals surface area contributed by atoms with Crippen molar-refractivity contribution in [3.63, 3.8) is 0 Å². The molecule has 0 atom stereocenters. The Morgan fingerprint density at radius 2 is 2.22 bits per heavy atom. The maximum Gasteiger partial charge on any atom is 0.144 e. The lowest BCUT2D eigenvalue weighted by molar-refractivity contribution is 0.627. The van der Waals surface area contributed by atoms with Gasteiger partial charge in [-0.3, -0.25) is 0 Å². The molecule has 90 valence electrons. The van der Waals surface area contributed by atoms with E-state index in [1.165, 1.54) is 23.9 Å². The van der Waals surface area contributed by atoms with Crippen molar-refractivity contribution in [2.24, 2.45) is 0 Å². The van der Waals surface area contributed by atoms with Gasteiger partial charge in [0.05, 0.1) is 0 Å². The highest BCUT2D eigenvalue weighted by molar-refractivity contribution is 7.98. The summed E-state index contributed by atoms with van der Waals surface area (Å²) in [7, 11) is 0. The number of hydrogen-bond acceptors (Lipinski definition) is 4. The molecule has 5 heteroatoms. The van der Waals surface area contributed by atoms with Gasteiger partial charge in [0, 0.05) is 22.5 Å². The van der Waals surface area contributed by atoms with E-state index in [2.05, 4.69) is 4.98 Å². The van der Waals surface area contributed by atoms with Crippen LogP contribution in [0.5, 0.6) is 0 Å². The van der Waals surface area contributed by atoms with Crippen LogP contribution in [0.15, 0.2) is 41.4 Å². The quantitative estimate of drug-likeness (QED) is 0.680. The Morgan fingerprint density at radius 3 is 2.94 bits per heavy atom. The van der Waals surface area contributed by atoms with E-state index in [1.807, 2.05) is 12.1 Å². The predicted octanol–water partition coefficient (Wildman–Crippen LogP) is 2.97. The molecule has 0 aliphatic rings. The van der Waals surface area contributed by atoms with Crippen molar-refractivity contribution >= 4 is 17.4 Å². The number of aromatic nitrogens is 1. The zero-order valence-corrected chi connectivity index (χ0v) is 10.2. The molecule has 2 aromatic rings. The zero-order valence-electron chi connectivity index (χ0n) is 9.43. The number of thioether (sulfide) groups is 1. The first kappa shape index (κ1) is 12.4. The van der Waals surface area contributed by atoms with Crippen molar-refractivity contribution in [3.05, 3.63) is 53.6 Å². The molecule has 2 rings (SSSR count). The Bertz CT molecular complexity index is 607. The van der Waals surface area contributed by atoms with Gasteiger partial charge >= 0.3 is 0 Å². The molecule has 0 radical (unpaired) electrons. The molecule has 0 amide bonds. The third-order valence-electron chi connectivity index (χ3n) is 2.35. The molecular formula is C13H10FN3S. The predicted molar refractivity (Wildman–Crippen MR) is 69.3 cm³/mol. The maximum absolute atomic E-state index is 12.9. The third kappa shape index (κ3) is 2.79. The highest BCUT2D eigenvalue weighted by Gasteiger charge is 2.06. The number of halogens is 1. The van der Waals surface area contributed by atoms with Crippen LogP contribution >= 0.6 is 11.8 Å². The van der Waals surface area contributed by atoms with Crippen molar-refractivity contribution in [3.8, 4) is 6.07 Å². The van der Waals surface area contributed by atoms with Crippen molar-refractivity contribution in [1.29, 1.82) is 5.26 Å². The van der Waals surface area contributed by atoms with Crippen LogP contribution in [0, 0.1) is 17.1 Å². The first-order chi connectivity index (χ1) is 8.70. The lowest BCUT2D eigenvalue weighted by Gasteiger charge is -2.06. The van der Waals surface area contributed by atoms with Gasteiger partial charge in [-0.1, -0.05) is 6.07 Å². The number of pyridine rings is 1. The molecule has 18 heavy (non-hydrogen) atoms. The van der Waals surface area contributed by atoms with Crippen LogP contribution in [0.25, 0.3) is 0 Å². The molecule has 0 aliphatic carbocycles. The zero-order chi connectivity index (χ0) is 13.0. The average molecular weight is 259 g/mol. The highest BCUT2D eigenvalue weighted by atomic mass is 32.2. The highest BCUT2D eigenvalue weighted by Crippen LogP contribution is 2.29. The molecule has 1 aromatic heterocycles. The fourth-order valence-electron chi connectivity index (χ4n) is 1.46. The second-order valence-corrected chi connectivity index (χ2v) is 4.61. The van der Waals surface area contributed by atoms with Crippen LogP contribution in [-0.4, -0.2) is 4.98 Å². The molecule has 0 aliphatic heterocycles. The Kier molecular flexibility index (Phi) is 3.80. The number of nitrogen functional groups attached to an aromatic ring is 1. The largest absolute Gasteiger partial charge is 0.398 e. The van der Waals surface area contributed by atoms with E-state index in [-0.39, 0.29) is 5.82 Å². The molecule has 0 unspecified atom stereocenters. The van der Waals surface area contributed by atoms with E-state index in [0.29, 0.717) is 17.1 Å². The van der Waals surface area contributed by atoms with Crippen LogP contribution in [-0.2, 0) is 5.75 Å². The summed E-state index contributed by atoms with van der Waals surface area (Å²) in [5, 5.41) is 8.91. The second kappa shape index (κ2) is 5.52. The minimum absolute atomic E-state index is 0.351. The van der Waals surface area contributed by atoms with Crippen LogP contribution in [0.4, 0.5) is 10.1 Å². The molecule has 0 fully saturated rings. The number of nitrogens with zero attached hydrogens (tertiary/aromatic N) is 2. The van der Waals surface area contributed by atoms with Gasteiger partial charge in [-0.25, -0.2) is 9.37 Å². The van der Waals surface area contributed by atoms with E-state index >= 15 is 0 Å². The Morgan fingerprint density at radius 1 is 1.39 bits per heavy atom. The molecule has 1 heterocycles. The van der Waals surface area contributed by atoms with E-state index in [0.717, 1.165) is 10.5 Å². The van der Waals surface area contributed by atoms with E-state index in [1.54, 1.807) is 18.3 Å². The molecular weight excluding hydrogens is 249 g/mol. The van der Waals surface area contributed by atoms with Gasteiger partial charge in [-0.05, 0) is 29.8 Å². The lowest BCUT2D eigenvalue weighted by atomic mass is 10.2. The molecule has 0 saturated carbocycles. The number of nitrogens with two attached hydrogens (primary N) is 1. The molecule has 1 aromatic carbocycles. The van der Waals surface area contributed by atoms with Gasteiger partial charge in [-0.2, -0.15) is 5.26 Å². The van der Waals surface area contributed by atoms with Gasteiger partial charge in [0.25, 0.3) is 0 Å². The summed E-state index contributed by atoms with van der Waals surface area (Å²) < 4.78 is 12.9. The first-order valence-corrected chi connectivity index (χ1v) is 6.21. The Hall–Kier alpha value is -2.06. The van der Waals surface area contributed by atoms with Gasteiger partial charge in [0.15, 0.2) is 0 Å². The normalized spacial score (nSPS) is 10.0. The van der Waals surface area contributed by atoms with Crippen molar-refractivity contribution in [2.75, 3.05) is 5.73 Å². The number of anilines is 1. The second-order valence-electron chi connectivity index (χ2n) is 3.59. The molecule has 0 bridgehead atoms. The number of benzene rings is 1. The van der Waals surface area contributed by atoms with Gasteiger partial charge in [0.2, 0.25) is 0 Å². The number of hydrogen-bond donors (Lipinski definition) is 1. The van der Waals surface area contributed by atoms with Gasteiger partial charge < -0.3 is 5.73 Å². The van der Waals surface area contributed by atoms with E-state index in [4.69, 9.17) is 11.0 Å². The minimum Gasteiger partial charge on any atom is -0.398 e. The van der Waals surface area contributed by atoms with Crippen LogP contribution in [0.2, 0.25) is 0 Å². The fraction of sp³-hybridized carbons (Fsp3) is 0.0769. The smallest absolute Gasteiger partial charge is 0.144 e. The summed E-state index contributed by atoms with van der Waals surface area (Å²) in [5.41, 5.74) is 7.37. The molecule has 3 nitrogen and oxygen atoms in total. The standard InChI is InChI=1S/C13H10FN3S/c14-10-3-4-13(11(16)6-10)18-8-9-2-1-5-17-12(9)7-15/h1-6H,8,16H2. The van der Waals surface area contributed by atoms with Crippen LogP contribution < -0.4 is 5.73 Å². The molecule has 0 saturated heterocycles. The average Bonchev–Trinajstić information content (AvgIpc) is 2.38. The summed E-state index contributed by atoms with van der Waals surface area (Å²) in [5.74, 6) is 0.225. The monoisotopic (exact) mass is 259 g/mol. The molecule has 2 N–H and O–H groups in total. The van der Waals surface area contributed by atoms with Gasteiger partial charge in [-0.15, -0.1) is 11.8 Å². The maximum atomic E-state index is 12.9. The van der Waals surface area contributed by atoms with Crippen molar-refractivity contribution < 1.29 is 4.39 Å². The fourth-order valence-corrected chi connectivity index (χ4v) is 2.40. The van der Waals surface area contributed by atoms with E-state index < -0.39 is 0 Å². The number of nitriles is 1. The molecule has 0 spiro atoms. The summed E-state index contributed by atoms with van der Waals surface area (Å²) in [6.07, 6.45) is 1.58. The number of rotatable bonds is 3. The lowest BCUT2D eigenvalue weighted by Crippen LogP contribution is -1.93. The summed E-state index contributed by atoms with van der Waals surface area (Å²) in [6, 6.07) is 9.96. The van der Waals surface area contributed by atoms with Crippen molar-refractivity contribution in [1.82, 2.24) is 4.98 Å². The summed E-state index contributed by atoms with van der Waals surface area (Å²) in [4.78, 5) is 4.78. The van der Waals surface area contributed by atoms with Gasteiger partial charge in [0.1, 0.15) is 17.6 Å². The first-order valence-electron chi connectivity index (χ1n) is 5.22. The van der Waals surface area contributed by atoms with Crippen LogP contribution in [0.1, 0.15) is 11.3 Å². The SMILES string of the molecule is N#Cc1ncccc1CSc1ccc(F)cc1N.